The highest BCUT2D eigenvalue weighted by Gasteiger charge is 2.18. The van der Waals surface area contributed by atoms with Crippen LogP contribution in [0.5, 0.6) is 0 Å². The van der Waals surface area contributed by atoms with Crippen LogP contribution >= 0.6 is 0 Å². The zero-order chi connectivity index (χ0) is 37.7. The minimum Gasteiger partial charge on any atom is -0.455 e. The van der Waals surface area contributed by atoms with Crippen LogP contribution in [0.15, 0.2) is 211 Å². The summed E-state index contributed by atoms with van der Waals surface area (Å²) in [5.41, 5.74) is 13.2. The van der Waals surface area contributed by atoms with Crippen LogP contribution < -0.4 is 0 Å². The summed E-state index contributed by atoms with van der Waals surface area (Å²) in [7, 11) is 0. The lowest BCUT2D eigenvalue weighted by molar-refractivity contribution is 0.670. The molecule has 0 saturated heterocycles. The van der Waals surface area contributed by atoms with Gasteiger partial charge in [-0.05, 0) is 91.8 Å². The van der Waals surface area contributed by atoms with Gasteiger partial charge in [-0.2, -0.15) is 0 Å². The van der Waals surface area contributed by atoms with Crippen LogP contribution in [0.4, 0.5) is 0 Å². The lowest BCUT2D eigenvalue weighted by Crippen LogP contribution is -1.97. The maximum Gasteiger partial charge on any atom is 0.160 e. The lowest BCUT2D eigenvalue weighted by Gasteiger charge is -2.15. The molecule has 0 radical (unpaired) electrons. The maximum absolute atomic E-state index is 6.60. The van der Waals surface area contributed by atoms with Crippen LogP contribution in [0.1, 0.15) is 0 Å². The number of hydrogen-bond donors (Lipinski definition) is 0. The molecular formula is C54H34N2O. The van der Waals surface area contributed by atoms with E-state index in [1.54, 1.807) is 0 Å². The van der Waals surface area contributed by atoms with Gasteiger partial charge in [0.25, 0.3) is 0 Å². The van der Waals surface area contributed by atoms with Gasteiger partial charge in [-0.15, -0.1) is 0 Å². The van der Waals surface area contributed by atoms with E-state index in [2.05, 4.69) is 176 Å². The molecule has 0 aliphatic rings. The molecule has 0 aliphatic carbocycles. The molecule has 11 aromatic rings. The average molecular weight is 727 g/mol. The average Bonchev–Trinajstić information content (AvgIpc) is 3.68. The predicted octanol–water partition coefficient (Wildman–Crippen LogP) is 14.7. The van der Waals surface area contributed by atoms with Crippen molar-refractivity contribution in [3.63, 3.8) is 0 Å². The van der Waals surface area contributed by atoms with Gasteiger partial charge in [0.15, 0.2) is 5.82 Å². The van der Waals surface area contributed by atoms with Gasteiger partial charge < -0.3 is 4.42 Å². The zero-order valence-electron chi connectivity index (χ0n) is 30.9. The van der Waals surface area contributed by atoms with Crippen molar-refractivity contribution in [2.75, 3.05) is 0 Å². The molecule has 0 atom stereocenters. The minimum atomic E-state index is 0.680. The summed E-state index contributed by atoms with van der Waals surface area (Å²) in [5, 5.41) is 6.95. The second-order valence-corrected chi connectivity index (χ2v) is 14.6. The van der Waals surface area contributed by atoms with Crippen molar-refractivity contribution in [1.82, 2.24) is 9.97 Å². The Hall–Kier alpha value is -7.62. The van der Waals surface area contributed by atoms with Crippen molar-refractivity contribution in [1.29, 1.82) is 0 Å². The monoisotopic (exact) mass is 726 g/mol. The van der Waals surface area contributed by atoms with E-state index in [-0.39, 0.29) is 0 Å². The Morgan fingerprint density at radius 3 is 1.67 bits per heavy atom. The molecule has 0 amide bonds. The molecule has 0 spiro atoms. The number of benzene rings is 9. The molecule has 2 heterocycles. The van der Waals surface area contributed by atoms with Gasteiger partial charge in [0.05, 0.1) is 11.4 Å². The topological polar surface area (TPSA) is 38.9 Å². The molecule has 3 nitrogen and oxygen atoms in total. The highest BCUT2D eigenvalue weighted by atomic mass is 16.3. The van der Waals surface area contributed by atoms with Gasteiger partial charge in [0, 0.05) is 33.0 Å². The van der Waals surface area contributed by atoms with Gasteiger partial charge in [0.1, 0.15) is 11.2 Å². The Bertz CT molecular complexity index is 3290. The zero-order valence-corrected chi connectivity index (χ0v) is 30.9. The molecule has 57 heavy (non-hydrogen) atoms. The van der Waals surface area contributed by atoms with Crippen LogP contribution in [0, 0.1) is 0 Å². The molecule has 11 rings (SSSR count). The van der Waals surface area contributed by atoms with E-state index >= 15 is 0 Å². The van der Waals surface area contributed by atoms with Gasteiger partial charge in [0.2, 0.25) is 0 Å². The van der Waals surface area contributed by atoms with E-state index in [1.807, 2.05) is 30.3 Å². The molecule has 9 aromatic carbocycles. The van der Waals surface area contributed by atoms with E-state index in [9.17, 15) is 0 Å². The minimum absolute atomic E-state index is 0.680. The standard InChI is InChI=1S/C54H34N2O/c1-3-13-35(14-4-1)38-25-26-40-30-41(28-27-39(40)29-38)50-34-51(56-54(55-50)37-16-5-2-6-17-37)44-32-42(46-21-11-18-36-15-7-8-19-45(36)46)31-43(33-44)47-22-12-23-49-48-20-9-10-24-52(48)57-53(47)49/h1-34H. The summed E-state index contributed by atoms with van der Waals surface area (Å²) in [6.07, 6.45) is 0. The number of aromatic nitrogens is 2. The van der Waals surface area contributed by atoms with Gasteiger partial charge in [-0.1, -0.05) is 164 Å². The van der Waals surface area contributed by atoms with Gasteiger partial charge in [-0.25, -0.2) is 9.97 Å². The highest BCUT2D eigenvalue weighted by molar-refractivity contribution is 6.10. The smallest absolute Gasteiger partial charge is 0.160 e. The summed E-state index contributed by atoms with van der Waals surface area (Å²) in [5.74, 6) is 0.680. The van der Waals surface area contributed by atoms with Crippen LogP contribution in [0.25, 0.3) is 111 Å². The van der Waals surface area contributed by atoms with Crippen molar-refractivity contribution in [3.8, 4) is 67.3 Å². The first-order valence-corrected chi connectivity index (χ1v) is 19.3. The van der Waals surface area contributed by atoms with E-state index in [0.717, 1.165) is 77.7 Å². The molecule has 0 bridgehead atoms. The Labute approximate surface area is 330 Å². The van der Waals surface area contributed by atoms with Crippen molar-refractivity contribution in [2.24, 2.45) is 0 Å². The third-order valence-electron chi connectivity index (χ3n) is 11.0. The molecule has 0 aliphatic heterocycles. The molecule has 0 N–H and O–H groups in total. The van der Waals surface area contributed by atoms with Crippen molar-refractivity contribution in [2.45, 2.75) is 0 Å². The fourth-order valence-corrected chi connectivity index (χ4v) is 8.21. The summed E-state index contributed by atoms with van der Waals surface area (Å²) in [6, 6.07) is 72.9. The molecule has 266 valence electrons. The van der Waals surface area contributed by atoms with Crippen molar-refractivity contribution in [3.05, 3.63) is 206 Å². The van der Waals surface area contributed by atoms with Crippen LogP contribution in [0.2, 0.25) is 0 Å². The summed E-state index contributed by atoms with van der Waals surface area (Å²) < 4.78 is 6.60. The van der Waals surface area contributed by atoms with E-state index < -0.39 is 0 Å². The molecule has 0 saturated carbocycles. The Morgan fingerprint density at radius 1 is 0.298 bits per heavy atom. The van der Waals surface area contributed by atoms with Crippen molar-refractivity contribution >= 4 is 43.5 Å². The Morgan fingerprint density at radius 2 is 0.860 bits per heavy atom. The molecular weight excluding hydrogens is 693 g/mol. The van der Waals surface area contributed by atoms with Crippen LogP contribution in [-0.4, -0.2) is 9.97 Å². The van der Waals surface area contributed by atoms with Crippen LogP contribution in [-0.2, 0) is 0 Å². The first kappa shape index (κ1) is 32.8. The van der Waals surface area contributed by atoms with Gasteiger partial charge >= 0.3 is 0 Å². The first-order chi connectivity index (χ1) is 28.2. The third kappa shape index (κ3) is 5.94. The number of fused-ring (bicyclic) bond motifs is 5. The van der Waals surface area contributed by atoms with E-state index in [0.29, 0.717) is 5.82 Å². The van der Waals surface area contributed by atoms with Gasteiger partial charge in [-0.3, -0.25) is 0 Å². The number of para-hydroxylation sites is 2. The molecule has 2 aromatic heterocycles. The summed E-state index contributed by atoms with van der Waals surface area (Å²) >= 11 is 0. The van der Waals surface area contributed by atoms with Crippen LogP contribution in [0.3, 0.4) is 0 Å². The largest absolute Gasteiger partial charge is 0.455 e. The molecule has 0 unspecified atom stereocenters. The Balaban J connectivity index is 1.13. The van der Waals surface area contributed by atoms with E-state index in [1.165, 1.54) is 27.3 Å². The number of nitrogens with zero attached hydrogens (tertiary/aromatic N) is 2. The van der Waals surface area contributed by atoms with Crippen molar-refractivity contribution < 1.29 is 4.42 Å². The SMILES string of the molecule is c1ccc(-c2ccc3cc(-c4cc(-c5cc(-c6cccc7ccccc67)cc(-c6cccc7c6oc6ccccc67)c5)nc(-c5ccccc5)n4)ccc3c2)cc1. The summed E-state index contributed by atoms with van der Waals surface area (Å²) in [6.45, 7) is 0. The fraction of sp³-hybridized carbons (Fsp3) is 0. The quantitative estimate of drug-likeness (QED) is 0.171. The summed E-state index contributed by atoms with van der Waals surface area (Å²) in [4.78, 5) is 10.5. The Kier molecular flexibility index (Phi) is 7.82. The maximum atomic E-state index is 6.60. The number of furan rings is 1. The first-order valence-electron chi connectivity index (χ1n) is 19.3. The van der Waals surface area contributed by atoms with E-state index in [4.69, 9.17) is 14.4 Å². The molecule has 0 fully saturated rings. The lowest BCUT2D eigenvalue weighted by atomic mass is 9.91. The molecule has 3 heteroatoms. The fourth-order valence-electron chi connectivity index (χ4n) is 8.21. The number of rotatable bonds is 6. The third-order valence-corrected chi connectivity index (χ3v) is 11.0. The number of hydrogen-bond acceptors (Lipinski definition) is 3. The second kappa shape index (κ2) is 13.6. The second-order valence-electron chi connectivity index (χ2n) is 14.6. The predicted molar refractivity (Wildman–Crippen MR) is 237 cm³/mol. The normalized spacial score (nSPS) is 11.5. The highest BCUT2D eigenvalue weighted by Crippen LogP contribution is 2.41.